The zero-order valence-corrected chi connectivity index (χ0v) is 16.6. The number of benzene rings is 1. The van der Waals surface area contributed by atoms with Gasteiger partial charge in [0.05, 0.1) is 10.0 Å². The number of phenols is 1. The summed E-state index contributed by atoms with van der Waals surface area (Å²) < 4.78 is 25.0. The molecule has 0 saturated carbocycles. The van der Waals surface area contributed by atoms with Crippen LogP contribution in [-0.4, -0.2) is 39.0 Å². The predicted molar refractivity (Wildman–Crippen MR) is 95.3 cm³/mol. The van der Waals surface area contributed by atoms with Gasteiger partial charge in [0.15, 0.2) is 9.30 Å². The molecule has 0 unspecified atom stereocenters. The van der Waals surface area contributed by atoms with Gasteiger partial charge in [0.2, 0.25) is 10.0 Å². The fraction of sp³-hybridized carbons (Fsp3) is 0.417. The van der Waals surface area contributed by atoms with Gasteiger partial charge in [-0.3, -0.25) is 0 Å². The average Bonchev–Trinajstić information content (AvgIpc) is 2.48. The van der Waals surface area contributed by atoms with E-state index in [0.29, 0.717) is 12.8 Å². The fourth-order valence-corrected chi connectivity index (χ4v) is 6.21. The Morgan fingerprint density at radius 3 is 2.43 bits per heavy atom. The molecule has 0 spiro atoms. The van der Waals surface area contributed by atoms with Gasteiger partial charge in [0, 0.05) is 6.54 Å². The predicted octanol–water partition coefficient (Wildman–Crippen LogP) is 3.74. The van der Waals surface area contributed by atoms with E-state index < -0.39 is 35.2 Å². The Bertz CT molecular complexity index is 772. The lowest BCUT2D eigenvalue weighted by atomic mass is 10.1. The highest BCUT2D eigenvalue weighted by Crippen LogP contribution is 2.45. The van der Waals surface area contributed by atoms with Crippen molar-refractivity contribution in [3.8, 4) is 5.75 Å². The second-order valence-corrected chi connectivity index (χ2v) is 9.71. The molecule has 1 aliphatic rings. The fourth-order valence-electron chi connectivity index (χ4n) is 2.32. The van der Waals surface area contributed by atoms with Crippen LogP contribution in [0.4, 0.5) is 0 Å². The van der Waals surface area contributed by atoms with Crippen LogP contribution in [0.2, 0.25) is 15.1 Å². The molecule has 128 valence electrons. The van der Waals surface area contributed by atoms with Crippen molar-refractivity contribution in [1.29, 1.82) is 0 Å². The molecule has 23 heavy (non-hydrogen) atoms. The summed E-state index contributed by atoms with van der Waals surface area (Å²) in [4.78, 5) is 11.0. The Labute approximate surface area is 161 Å². The third kappa shape index (κ3) is 3.25. The van der Waals surface area contributed by atoms with E-state index in [-0.39, 0.29) is 23.0 Å². The summed E-state index contributed by atoms with van der Waals surface area (Å²) in [5.74, 6) is -2.03. The number of piperidine rings is 1. The molecular formula is C12H11Cl3INO5S. The normalized spacial score (nSPS) is 23.0. The molecule has 1 aliphatic heterocycles. The largest absolute Gasteiger partial charge is 0.505 e. The van der Waals surface area contributed by atoms with Crippen LogP contribution in [0.25, 0.3) is 0 Å². The highest BCUT2D eigenvalue weighted by molar-refractivity contribution is 14.1. The third-order valence-electron chi connectivity index (χ3n) is 3.51. The van der Waals surface area contributed by atoms with Crippen molar-refractivity contribution in [3.63, 3.8) is 0 Å². The molecule has 2 rings (SSSR count). The smallest absolute Gasteiger partial charge is 0.335 e. The maximum atomic E-state index is 12.9. The summed E-state index contributed by atoms with van der Waals surface area (Å²) in [5, 5.41) is 18.8. The van der Waals surface area contributed by atoms with Gasteiger partial charge in [0.25, 0.3) is 0 Å². The molecule has 0 radical (unpaired) electrons. The molecule has 6 nitrogen and oxygen atoms in total. The van der Waals surface area contributed by atoms with Crippen LogP contribution in [0.15, 0.2) is 11.0 Å². The van der Waals surface area contributed by atoms with Gasteiger partial charge < -0.3 is 10.2 Å². The number of hydrogen-bond acceptors (Lipinski definition) is 4. The van der Waals surface area contributed by atoms with E-state index in [2.05, 4.69) is 0 Å². The van der Waals surface area contributed by atoms with E-state index in [1.807, 2.05) is 0 Å². The first-order valence-corrected chi connectivity index (χ1v) is 10.0. The quantitative estimate of drug-likeness (QED) is 0.277. The van der Waals surface area contributed by atoms with Gasteiger partial charge in [-0.05, 0) is 47.9 Å². The lowest BCUT2D eigenvalue weighted by Gasteiger charge is -2.38. The van der Waals surface area contributed by atoms with Crippen LogP contribution >= 0.6 is 57.4 Å². The number of rotatable bonds is 3. The SMILES string of the molecule is O=C(O)[C@@]1(I)CCCCN1S(=O)(=O)c1cc(Cl)c(Cl)c(Cl)c1O. The minimum absolute atomic E-state index is 0.00881. The monoisotopic (exact) mass is 513 g/mol. The van der Waals surface area contributed by atoms with Crippen molar-refractivity contribution in [2.75, 3.05) is 6.54 Å². The summed E-state index contributed by atoms with van der Waals surface area (Å²) in [5.41, 5.74) is 0. The maximum absolute atomic E-state index is 12.9. The van der Waals surface area contributed by atoms with Crippen LogP contribution < -0.4 is 0 Å². The number of carbonyl (C=O) groups is 1. The van der Waals surface area contributed by atoms with Crippen molar-refractivity contribution in [2.45, 2.75) is 27.7 Å². The first-order chi connectivity index (χ1) is 10.5. The molecule has 0 bridgehead atoms. The number of carboxylic acid groups (broad SMARTS) is 1. The van der Waals surface area contributed by atoms with E-state index in [4.69, 9.17) is 34.8 Å². The zero-order chi connectivity index (χ0) is 17.6. The number of phenolic OH excluding ortho intramolecular Hbond substituents is 1. The van der Waals surface area contributed by atoms with Crippen LogP contribution in [0.5, 0.6) is 5.75 Å². The summed E-state index contributed by atoms with van der Waals surface area (Å²) in [6.07, 6.45) is 1.24. The van der Waals surface area contributed by atoms with E-state index in [1.165, 1.54) is 0 Å². The molecule has 1 aromatic rings. The molecule has 1 aromatic carbocycles. The topological polar surface area (TPSA) is 94.9 Å². The van der Waals surface area contributed by atoms with E-state index in [9.17, 15) is 23.4 Å². The third-order valence-corrected chi connectivity index (χ3v) is 8.62. The first kappa shape index (κ1) is 19.3. The number of aliphatic carboxylic acids is 1. The van der Waals surface area contributed by atoms with Crippen LogP contribution in [-0.2, 0) is 14.8 Å². The van der Waals surface area contributed by atoms with Gasteiger partial charge in [0.1, 0.15) is 9.92 Å². The van der Waals surface area contributed by atoms with Gasteiger partial charge >= 0.3 is 5.97 Å². The number of carboxylic acids is 1. The Balaban J connectivity index is 2.65. The molecule has 1 fully saturated rings. The minimum Gasteiger partial charge on any atom is -0.505 e. The zero-order valence-electron chi connectivity index (χ0n) is 11.4. The molecule has 1 atom stereocenters. The maximum Gasteiger partial charge on any atom is 0.335 e. The van der Waals surface area contributed by atoms with E-state index >= 15 is 0 Å². The standard InChI is InChI=1S/C12H11Cl3INO5S/c13-6-5-7(10(18)9(15)8(6)14)23(21,22)17-4-2-1-3-12(17,16)11(19)20/h5,18H,1-4H2,(H,19,20)/t12-/m1/s1. The highest BCUT2D eigenvalue weighted by Gasteiger charge is 2.50. The van der Waals surface area contributed by atoms with Crippen molar-refractivity contribution < 1.29 is 23.4 Å². The molecule has 0 aliphatic carbocycles. The Kier molecular flexibility index (Phi) is 5.65. The Hall–Kier alpha value is -0.000000000000000222. The molecule has 1 saturated heterocycles. The molecule has 1 heterocycles. The van der Waals surface area contributed by atoms with Crippen molar-refractivity contribution in [1.82, 2.24) is 4.31 Å². The number of alkyl halides is 1. The number of aromatic hydroxyl groups is 1. The van der Waals surface area contributed by atoms with Gasteiger partial charge in [-0.2, -0.15) is 4.31 Å². The molecule has 11 heteroatoms. The molecule has 2 N–H and O–H groups in total. The van der Waals surface area contributed by atoms with Crippen LogP contribution in [0.1, 0.15) is 19.3 Å². The van der Waals surface area contributed by atoms with Gasteiger partial charge in [-0.25, -0.2) is 13.2 Å². The van der Waals surface area contributed by atoms with Crippen LogP contribution in [0, 0.1) is 0 Å². The number of sulfonamides is 1. The van der Waals surface area contributed by atoms with E-state index in [1.54, 1.807) is 22.6 Å². The van der Waals surface area contributed by atoms with Crippen LogP contribution in [0.3, 0.4) is 0 Å². The van der Waals surface area contributed by atoms with E-state index in [0.717, 1.165) is 10.4 Å². The minimum atomic E-state index is -4.34. The Morgan fingerprint density at radius 1 is 1.26 bits per heavy atom. The van der Waals surface area contributed by atoms with Gasteiger partial charge in [-0.1, -0.05) is 34.8 Å². The second-order valence-electron chi connectivity index (χ2n) is 4.93. The number of hydrogen-bond donors (Lipinski definition) is 2. The summed E-state index contributed by atoms with van der Waals surface area (Å²) in [6.45, 7) is 0.00881. The summed E-state index contributed by atoms with van der Waals surface area (Å²) >= 11 is 19.0. The lowest BCUT2D eigenvalue weighted by molar-refractivity contribution is -0.143. The number of nitrogens with zero attached hydrogens (tertiary/aromatic N) is 1. The van der Waals surface area contributed by atoms with Crippen molar-refractivity contribution in [3.05, 3.63) is 21.1 Å². The first-order valence-electron chi connectivity index (χ1n) is 6.35. The average molecular weight is 515 g/mol. The summed E-state index contributed by atoms with van der Waals surface area (Å²) in [7, 11) is -4.34. The molecular weight excluding hydrogens is 503 g/mol. The second kappa shape index (κ2) is 6.72. The van der Waals surface area contributed by atoms with Gasteiger partial charge in [-0.15, -0.1) is 0 Å². The Morgan fingerprint density at radius 2 is 1.87 bits per heavy atom. The molecule has 0 amide bonds. The van der Waals surface area contributed by atoms with Crippen molar-refractivity contribution in [2.24, 2.45) is 0 Å². The summed E-state index contributed by atoms with van der Waals surface area (Å²) in [6, 6.07) is 0.966. The number of halogens is 4. The van der Waals surface area contributed by atoms with Crippen molar-refractivity contribution >= 4 is 73.4 Å². The lowest BCUT2D eigenvalue weighted by Crippen LogP contribution is -2.55. The molecule has 0 aromatic heterocycles. The highest BCUT2D eigenvalue weighted by atomic mass is 127.